The Hall–Kier alpha value is -2.41. The Bertz CT molecular complexity index is 748. The Morgan fingerprint density at radius 3 is 2.60 bits per heavy atom. The van der Waals surface area contributed by atoms with Crippen LogP contribution in [0.3, 0.4) is 0 Å². The van der Waals surface area contributed by atoms with Crippen molar-refractivity contribution < 1.29 is 23.0 Å². The van der Waals surface area contributed by atoms with Crippen LogP contribution >= 0.6 is 15.9 Å². The molecular weight excluding hydrogens is 396 g/mol. The predicted octanol–water partition coefficient (Wildman–Crippen LogP) is 4.39. The highest BCUT2D eigenvalue weighted by atomic mass is 79.9. The second kappa shape index (κ2) is 9.17. The minimum atomic E-state index is -2.86. The molecule has 4 nitrogen and oxygen atoms in total. The minimum Gasteiger partial charge on any atom is -0.496 e. The van der Waals surface area contributed by atoms with Gasteiger partial charge in [0.1, 0.15) is 11.5 Å². The van der Waals surface area contributed by atoms with E-state index in [9.17, 15) is 13.6 Å². The highest BCUT2D eigenvalue weighted by molar-refractivity contribution is 9.10. The smallest absolute Gasteiger partial charge is 0.387 e. The molecule has 0 atom stereocenters. The van der Waals surface area contributed by atoms with Crippen LogP contribution in [0.15, 0.2) is 53.0 Å². The fourth-order valence-electron chi connectivity index (χ4n) is 2.04. The highest BCUT2D eigenvalue weighted by Crippen LogP contribution is 2.24. The summed E-state index contributed by atoms with van der Waals surface area (Å²) in [6, 6.07) is 11.6. The van der Waals surface area contributed by atoms with E-state index in [1.54, 1.807) is 31.4 Å². The number of alkyl halides is 2. The number of methoxy groups -OCH3 is 1. The van der Waals surface area contributed by atoms with Crippen LogP contribution in [0.5, 0.6) is 11.5 Å². The molecule has 0 unspecified atom stereocenters. The predicted molar refractivity (Wildman–Crippen MR) is 94.6 cm³/mol. The van der Waals surface area contributed by atoms with Crippen LogP contribution in [0.25, 0.3) is 6.08 Å². The summed E-state index contributed by atoms with van der Waals surface area (Å²) in [4.78, 5) is 11.9. The molecule has 0 saturated carbocycles. The van der Waals surface area contributed by atoms with Crippen molar-refractivity contribution in [1.82, 2.24) is 5.32 Å². The largest absolute Gasteiger partial charge is 0.496 e. The molecule has 132 valence electrons. The quantitative estimate of drug-likeness (QED) is 0.687. The van der Waals surface area contributed by atoms with Crippen molar-refractivity contribution in [2.75, 3.05) is 7.11 Å². The Balaban J connectivity index is 1.91. The number of benzene rings is 2. The van der Waals surface area contributed by atoms with Gasteiger partial charge in [-0.15, -0.1) is 0 Å². The highest BCUT2D eigenvalue weighted by Gasteiger charge is 2.04. The molecule has 7 heteroatoms. The van der Waals surface area contributed by atoms with Gasteiger partial charge in [-0.25, -0.2) is 0 Å². The number of carbonyl (C=O) groups excluding carboxylic acids is 1. The van der Waals surface area contributed by atoms with Gasteiger partial charge >= 0.3 is 6.61 Å². The molecule has 0 fully saturated rings. The van der Waals surface area contributed by atoms with Crippen LogP contribution in [-0.4, -0.2) is 19.6 Å². The maximum atomic E-state index is 12.1. The van der Waals surface area contributed by atoms with Crippen molar-refractivity contribution in [3.05, 3.63) is 64.1 Å². The molecule has 25 heavy (non-hydrogen) atoms. The normalized spacial score (nSPS) is 10.9. The summed E-state index contributed by atoms with van der Waals surface area (Å²) in [5.74, 6) is 0.448. The van der Waals surface area contributed by atoms with Crippen molar-refractivity contribution in [2.45, 2.75) is 13.2 Å². The average Bonchev–Trinajstić information content (AvgIpc) is 2.59. The van der Waals surface area contributed by atoms with Gasteiger partial charge in [0.25, 0.3) is 0 Å². The standard InChI is InChI=1S/C18H16BrF2NO3/c1-24-16-8-5-14(19)10-13(16)4-9-17(23)22-11-12-2-6-15(7-3-12)25-18(20)21/h2-10,18H,11H2,1H3,(H,22,23)/b9-4+. The fourth-order valence-corrected chi connectivity index (χ4v) is 2.42. The van der Waals surface area contributed by atoms with Crippen LogP contribution in [0.4, 0.5) is 8.78 Å². The molecule has 1 N–H and O–H groups in total. The van der Waals surface area contributed by atoms with E-state index in [1.807, 2.05) is 12.1 Å². The van der Waals surface area contributed by atoms with E-state index in [-0.39, 0.29) is 18.2 Å². The number of ether oxygens (including phenoxy) is 2. The van der Waals surface area contributed by atoms with E-state index in [0.717, 1.165) is 15.6 Å². The maximum absolute atomic E-state index is 12.1. The molecular formula is C18H16BrF2NO3. The molecule has 0 aromatic heterocycles. The van der Waals surface area contributed by atoms with Gasteiger partial charge < -0.3 is 14.8 Å². The fraction of sp³-hybridized carbons (Fsp3) is 0.167. The third-order valence-corrected chi connectivity index (χ3v) is 3.71. The number of hydrogen-bond acceptors (Lipinski definition) is 3. The van der Waals surface area contributed by atoms with Crippen molar-refractivity contribution >= 4 is 27.9 Å². The molecule has 0 radical (unpaired) electrons. The van der Waals surface area contributed by atoms with Crippen LogP contribution < -0.4 is 14.8 Å². The molecule has 0 heterocycles. The second-order valence-corrected chi connectivity index (χ2v) is 5.88. The van der Waals surface area contributed by atoms with E-state index < -0.39 is 6.61 Å². The van der Waals surface area contributed by atoms with Crippen LogP contribution in [-0.2, 0) is 11.3 Å². The number of hydrogen-bond donors (Lipinski definition) is 1. The van der Waals surface area contributed by atoms with E-state index in [4.69, 9.17) is 4.74 Å². The summed E-state index contributed by atoms with van der Waals surface area (Å²) in [7, 11) is 1.56. The lowest BCUT2D eigenvalue weighted by Crippen LogP contribution is -2.20. The molecule has 0 aliphatic carbocycles. The van der Waals surface area contributed by atoms with Gasteiger partial charge in [-0.1, -0.05) is 28.1 Å². The summed E-state index contributed by atoms with van der Waals surface area (Å²) in [6.45, 7) is -2.58. The van der Waals surface area contributed by atoms with Crippen molar-refractivity contribution in [2.24, 2.45) is 0 Å². The lowest BCUT2D eigenvalue weighted by Gasteiger charge is -2.07. The molecule has 0 aliphatic heterocycles. The van der Waals surface area contributed by atoms with Crippen LogP contribution in [0, 0.1) is 0 Å². The van der Waals surface area contributed by atoms with Gasteiger partial charge in [0, 0.05) is 22.7 Å². The van der Waals surface area contributed by atoms with Gasteiger partial charge in [0.15, 0.2) is 0 Å². The number of halogens is 3. The van der Waals surface area contributed by atoms with Gasteiger partial charge in [-0.2, -0.15) is 8.78 Å². The van der Waals surface area contributed by atoms with Gasteiger partial charge in [0.2, 0.25) is 5.91 Å². The average molecular weight is 412 g/mol. The summed E-state index contributed by atoms with van der Waals surface area (Å²) < 4.78 is 34.5. The Morgan fingerprint density at radius 2 is 1.96 bits per heavy atom. The first kappa shape index (κ1) is 18.9. The van der Waals surface area contributed by atoms with Crippen molar-refractivity contribution in [1.29, 1.82) is 0 Å². The minimum absolute atomic E-state index is 0.0757. The topological polar surface area (TPSA) is 47.6 Å². The van der Waals surface area contributed by atoms with E-state index in [2.05, 4.69) is 26.0 Å². The summed E-state index contributed by atoms with van der Waals surface area (Å²) in [6.07, 6.45) is 3.05. The molecule has 1 amide bonds. The summed E-state index contributed by atoms with van der Waals surface area (Å²) >= 11 is 3.37. The first-order chi connectivity index (χ1) is 12.0. The first-order valence-corrected chi connectivity index (χ1v) is 8.10. The molecule has 2 rings (SSSR count). The van der Waals surface area contributed by atoms with Gasteiger partial charge in [-0.05, 0) is 42.0 Å². The van der Waals surface area contributed by atoms with E-state index in [0.29, 0.717) is 5.75 Å². The van der Waals surface area contributed by atoms with E-state index in [1.165, 1.54) is 18.2 Å². The zero-order valence-electron chi connectivity index (χ0n) is 13.3. The summed E-state index contributed by atoms with van der Waals surface area (Å²) in [5.41, 5.74) is 1.53. The zero-order chi connectivity index (χ0) is 18.2. The molecule has 0 spiro atoms. The number of nitrogens with one attached hydrogen (secondary N) is 1. The van der Waals surface area contributed by atoms with Crippen LogP contribution in [0.1, 0.15) is 11.1 Å². The SMILES string of the molecule is COc1ccc(Br)cc1/C=C/C(=O)NCc1ccc(OC(F)F)cc1. The van der Waals surface area contributed by atoms with Crippen molar-refractivity contribution in [3.63, 3.8) is 0 Å². The van der Waals surface area contributed by atoms with Crippen LogP contribution in [0.2, 0.25) is 0 Å². The zero-order valence-corrected chi connectivity index (χ0v) is 14.9. The van der Waals surface area contributed by atoms with E-state index >= 15 is 0 Å². The monoisotopic (exact) mass is 411 g/mol. The number of carbonyl (C=O) groups is 1. The molecule has 2 aromatic rings. The molecule has 0 aliphatic rings. The van der Waals surface area contributed by atoms with Gasteiger partial charge in [-0.3, -0.25) is 4.79 Å². The Labute approximate surface area is 152 Å². The number of rotatable bonds is 7. The lowest BCUT2D eigenvalue weighted by molar-refractivity contribution is -0.116. The van der Waals surface area contributed by atoms with Gasteiger partial charge in [0.05, 0.1) is 7.11 Å². The molecule has 2 aromatic carbocycles. The first-order valence-electron chi connectivity index (χ1n) is 7.31. The molecule has 0 bridgehead atoms. The Kier molecular flexibility index (Phi) is 6.94. The maximum Gasteiger partial charge on any atom is 0.387 e. The lowest BCUT2D eigenvalue weighted by atomic mass is 10.2. The second-order valence-electron chi connectivity index (χ2n) is 4.96. The van der Waals surface area contributed by atoms with Crippen molar-refractivity contribution in [3.8, 4) is 11.5 Å². The Morgan fingerprint density at radius 1 is 1.24 bits per heavy atom. The number of amides is 1. The molecule has 0 saturated heterocycles. The third-order valence-electron chi connectivity index (χ3n) is 3.22. The third kappa shape index (κ3) is 6.19. The summed E-state index contributed by atoms with van der Waals surface area (Å²) in [5, 5.41) is 2.71.